The van der Waals surface area contributed by atoms with E-state index < -0.39 is 0 Å². The number of carbonyl (C=O) groups is 2. The van der Waals surface area contributed by atoms with Crippen molar-refractivity contribution in [3.05, 3.63) is 82.2 Å². The van der Waals surface area contributed by atoms with Crippen LogP contribution in [0.5, 0.6) is 11.5 Å². The third-order valence-corrected chi connectivity index (χ3v) is 8.23. The normalized spacial score (nSPS) is 20.6. The highest BCUT2D eigenvalue weighted by atomic mass is 16.5. The standard InChI is InChI=1S/C34H41NO4/c1-7-15-35-24-17-33(2,3)19-26(36)31(24)30(32-25(35)18-34(4,5)20-27(32)37)23-13-14-28(29(16-23)38-6)39-21-22-11-9-8-10-12-22/h8-14,16,30H,7,15,17-21H2,1-6H3. The number of allylic oxidation sites excluding steroid dienone is 4. The molecule has 2 aliphatic carbocycles. The third-order valence-electron chi connectivity index (χ3n) is 8.23. The molecule has 5 rings (SSSR count). The number of methoxy groups -OCH3 is 1. The summed E-state index contributed by atoms with van der Waals surface area (Å²) in [6.45, 7) is 12.1. The van der Waals surface area contributed by atoms with Crippen LogP contribution in [0.2, 0.25) is 0 Å². The fourth-order valence-electron chi connectivity index (χ4n) is 6.59. The molecule has 0 aromatic heterocycles. The molecule has 1 heterocycles. The SMILES string of the molecule is CCCN1C2=C(C(=O)CC(C)(C)C2)C(c2ccc(OCc3ccccc3)c(OC)c2)C2=C1CC(C)(C)CC2=O. The van der Waals surface area contributed by atoms with E-state index in [-0.39, 0.29) is 28.3 Å². The van der Waals surface area contributed by atoms with Gasteiger partial charge in [-0.25, -0.2) is 0 Å². The molecule has 0 amide bonds. The summed E-state index contributed by atoms with van der Waals surface area (Å²) in [7, 11) is 1.64. The van der Waals surface area contributed by atoms with Crippen molar-refractivity contribution in [2.24, 2.45) is 10.8 Å². The molecule has 0 unspecified atom stereocenters. The van der Waals surface area contributed by atoms with Crippen LogP contribution in [0.25, 0.3) is 0 Å². The van der Waals surface area contributed by atoms with Gasteiger partial charge in [-0.2, -0.15) is 0 Å². The highest BCUT2D eigenvalue weighted by molar-refractivity contribution is 6.06. The van der Waals surface area contributed by atoms with Gasteiger partial charge in [-0.1, -0.05) is 71.0 Å². The Bertz CT molecular complexity index is 1290. The van der Waals surface area contributed by atoms with Crippen LogP contribution in [-0.4, -0.2) is 30.1 Å². The maximum atomic E-state index is 13.9. The number of ketones is 2. The molecule has 5 nitrogen and oxygen atoms in total. The van der Waals surface area contributed by atoms with E-state index in [1.807, 2.05) is 48.5 Å². The van der Waals surface area contributed by atoms with Gasteiger partial charge in [0, 0.05) is 47.8 Å². The van der Waals surface area contributed by atoms with Gasteiger partial charge >= 0.3 is 0 Å². The summed E-state index contributed by atoms with van der Waals surface area (Å²) in [4.78, 5) is 30.1. The van der Waals surface area contributed by atoms with Crippen molar-refractivity contribution < 1.29 is 19.1 Å². The number of hydrogen-bond acceptors (Lipinski definition) is 5. The van der Waals surface area contributed by atoms with E-state index in [1.54, 1.807) is 7.11 Å². The lowest BCUT2D eigenvalue weighted by atomic mass is 9.63. The molecule has 0 bridgehead atoms. The lowest BCUT2D eigenvalue weighted by molar-refractivity contribution is -0.119. The van der Waals surface area contributed by atoms with E-state index in [1.165, 1.54) is 0 Å². The van der Waals surface area contributed by atoms with E-state index in [4.69, 9.17) is 9.47 Å². The first-order valence-corrected chi connectivity index (χ1v) is 14.2. The van der Waals surface area contributed by atoms with Gasteiger partial charge in [0.05, 0.1) is 7.11 Å². The molecule has 0 saturated carbocycles. The number of carbonyl (C=O) groups excluding carboxylic acids is 2. The molecule has 1 aliphatic heterocycles. The summed E-state index contributed by atoms with van der Waals surface area (Å²) < 4.78 is 11.9. The summed E-state index contributed by atoms with van der Waals surface area (Å²) in [6, 6.07) is 15.9. The zero-order valence-corrected chi connectivity index (χ0v) is 24.2. The quantitative estimate of drug-likeness (QED) is 0.376. The average molecular weight is 528 g/mol. The van der Waals surface area contributed by atoms with Crippen LogP contribution in [0.4, 0.5) is 0 Å². The average Bonchev–Trinajstić information content (AvgIpc) is 2.87. The van der Waals surface area contributed by atoms with Gasteiger partial charge in [0.25, 0.3) is 0 Å². The van der Waals surface area contributed by atoms with Crippen LogP contribution in [0.15, 0.2) is 71.1 Å². The van der Waals surface area contributed by atoms with E-state index in [0.29, 0.717) is 30.9 Å². The van der Waals surface area contributed by atoms with Crippen LogP contribution < -0.4 is 9.47 Å². The topological polar surface area (TPSA) is 55.8 Å². The molecule has 5 heteroatoms. The van der Waals surface area contributed by atoms with Crippen LogP contribution in [0.1, 0.15) is 83.8 Å². The molecule has 3 aliphatic rings. The van der Waals surface area contributed by atoms with Crippen molar-refractivity contribution in [2.45, 2.75) is 79.2 Å². The van der Waals surface area contributed by atoms with Crippen molar-refractivity contribution in [1.82, 2.24) is 4.90 Å². The Morgan fingerprint density at radius 3 is 1.95 bits per heavy atom. The monoisotopic (exact) mass is 527 g/mol. The number of ether oxygens (including phenoxy) is 2. The van der Waals surface area contributed by atoms with Gasteiger partial charge in [-0.05, 0) is 53.4 Å². The van der Waals surface area contributed by atoms with Crippen LogP contribution in [-0.2, 0) is 16.2 Å². The largest absolute Gasteiger partial charge is 0.493 e. The molecule has 0 fully saturated rings. The predicted molar refractivity (Wildman–Crippen MR) is 154 cm³/mol. The van der Waals surface area contributed by atoms with Gasteiger partial charge in [0.15, 0.2) is 23.1 Å². The second-order valence-electron chi connectivity index (χ2n) is 12.9. The van der Waals surface area contributed by atoms with Crippen LogP contribution in [0.3, 0.4) is 0 Å². The highest BCUT2D eigenvalue weighted by Gasteiger charge is 2.48. The molecular formula is C34H41NO4. The van der Waals surface area contributed by atoms with Crippen LogP contribution in [0, 0.1) is 10.8 Å². The lowest BCUT2D eigenvalue weighted by Crippen LogP contribution is -2.44. The summed E-state index contributed by atoms with van der Waals surface area (Å²) in [5.41, 5.74) is 5.56. The third kappa shape index (κ3) is 5.28. The molecule has 0 saturated heterocycles. The molecule has 206 valence electrons. The fraction of sp³-hybridized carbons (Fsp3) is 0.471. The van der Waals surface area contributed by atoms with Gasteiger partial charge in [0.1, 0.15) is 6.61 Å². The lowest BCUT2D eigenvalue weighted by Gasteiger charge is -2.49. The highest BCUT2D eigenvalue weighted by Crippen LogP contribution is 2.55. The Balaban J connectivity index is 1.63. The Hall–Kier alpha value is -3.34. The van der Waals surface area contributed by atoms with Crippen molar-refractivity contribution in [3.8, 4) is 11.5 Å². The number of rotatable bonds is 7. The molecule has 2 aromatic carbocycles. The minimum atomic E-state index is -0.382. The predicted octanol–water partition coefficient (Wildman–Crippen LogP) is 7.37. The van der Waals surface area contributed by atoms with E-state index in [9.17, 15) is 9.59 Å². The van der Waals surface area contributed by atoms with Gasteiger partial charge in [-0.15, -0.1) is 0 Å². The second kappa shape index (κ2) is 10.3. The zero-order chi connectivity index (χ0) is 27.9. The minimum absolute atomic E-state index is 0.120. The molecule has 0 radical (unpaired) electrons. The van der Waals surface area contributed by atoms with Gasteiger partial charge in [-0.3, -0.25) is 9.59 Å². The van der Waals surface area contributed by atoms with Gasteiger partial charge < -0.3 is 14.4 Å². The minimum Gasteiger partial charge on any atom is -0.493 e. The Morgan fingerprint density at radius 1 is 0.821 bits per heavy atom. The molecule has 0 atom stereocenters. The first kappa shape index (κ1) is 27.2. The number of hydrogen-bond donors (Lipinski definition) is 0. The van der Waals surface area contributed by atoms with Crippen LogP contribution >= 0.6 is 0 Å². The second-order valence-corrected chi connectivity index (χ2v) is 12.9. The van der Waals surface area contributed by atoms with Crippen molar-refractivity contribution in [3.63, 3.8) is 0 Å². The number of benzene rings is 2. The molecule has 39 heavy (non-hydrogen) atoms. The Kier molecular flexibility index (Phi) is 7.21. The molecule has 0 N–H and O–H groups in total. The van der Waals surface area contributed by atoms with Crippen molar-refractivity contribution in [1.29, 1.82) is 0 Å². The first-order valence-electron chi connectivity index (χ1n) is 14.2. The van der Waals surface area contributed by atoms with Crippen molar-refractivity contribution >= 4 is 11.6 Å². The molecule has 0 spiro atoms. The first-order chi connectivity index (χ1) is 18.5. The Morgan fingerprint density at radius 2 is 1.41 bits per heavy atom. The number of Topliss-reactive ketones (excluding diaryl/α,β-unsaturated/α-hetero) is 2. The summed E-state index contributed by atoms with van der Waals surface area (Å²) in [6.07, 6.45) is 3.57. The Labute approximate surface area is 232 Å². The maximum Gasteiger partial charge on any atom is 0.162 e. The molecular weight excluding hydrogens is 486 g/mol. The smallest absolute Gasteiger partial charge is 0.162 e. The van der Waals surface area contributed by atoms with E-state index in [2.05, 4.69) is 39.5 Å². The zero-order valence-electron chi connectivity index (χ0n) is 24.2. The van der Waals surface area contributed by atoms with E-state index >= 15 is 0 Å². The van der Waals surface area contributed by atoms with E-state index in [0.717, 1.165) is 59.5 Å². The number of nitrogens with zero attached hydrogens (tertiary/aromatic N) is 1. The summed E-state index contributed by atoms with van der Waals surface area (Å²) >= 11 is 0. The fourth-order valence-corrected chi connectivity index (χ4v) is 6.59. The molecule has 2 aromatic rings. The maximum absolute atomic E-state index is 13.9. The summed E-state index contributed by atoms with van der Waals surface area (Å²) in [5.74, 6) is 1.17. The van der Waals surface area contributed by atoms with Crippen molar-refractivity contribution in [2.75, 3.05) is 13.7 Å². The summed E-state index contributed by atoms with van der Waals surface area (Å²) in [5, 5.41) is 0. The van der Waals surface area contributed by atoms with Gasteiger partial charge in [0.2, 0.25) is 0 Å².